The van der Waals surface area contributed by atoms with Gasteiger partial charge < -0.3 is 14.7 Å². The molecule has 8 heteroatoms. The lowest BCUT2D eigenvalue weighted by Crippen LogP contribution is -2.43. The number of rotatable bonds is 6. The van der Waals surface area contributed by atoms with Crippen LogP contribution in [-0.4, -0.2) is 43.2 Å². The van der Waals surface area contributed by atoms with Gasteiger partial charge in [-0.3, -0.25) is 4.79 Å². The first-order chi connectivity index (χ1) is 12.2. The zero-order valence-electron chi connectivity index (χ0n) is 14.5. The summed E-state index contributed by atoms with van der Waals surface area (Å²) in [6.45, 7) is 4.06. The number of allylic oxidation sites excluding steroid dienone is 1. The maximum atomic E-state index is 12.6. The molecule has 1 fully saturated rings. The average Bonchev–Trinajstić information content (AvgIpc) is 2.89. The molecule has 0 saturated carbocycles. The van der Waals surface area contributed by atoms with Crippen LogP contribution < -0.4 is 0 Å². The van der Waals surface area contributed by atoms with Crippen molar-refractivity contribution in [2.75, 3.05) is 13.2 Å². The smallest absolute Gasteiger partial charge is 0.416 e. The van der Waals surface area contributed by atoms with Crippen molar-refractivity contribution < 1.29 is 27.8 Å². The number of esters is 1. The van der Waals surface area contributed by atoms with E-state index in [0.29, 0.717) is 24.9 Å². The van der Waals surface area contributed by atoms with E-state index < -0.39 is 29.4 Å². The molecule has 26 heavy (non-hydrogen) atoms. The molecule has 1 aliphatic rings. The molecule has 2 rings (SSSR count). The van der Waals surface area contributed by atoms with Crippen LogP contribution in [0, 0.1) is 5.41 Å². The van der Waals surface area contributed by atoms with Crippen LogP contribution in [0.3, 0.4) is 0 Å². The molecule has 0 radical (unpaired) electrons. The number of benzene rings is 1. The Balaban J connectivity index is 2.13. The number of halogens is 3. The van der Waals surface area contributed by atoms with Gasteiger partial charge in [-0.25, -0.2) is 0 Å². The fourth-order valence-electron chi connectivity index (χ4n) is 2.96. The van der Waals surface area contributed by atoms with Crippen molar-refractivity contribution >= 4 is 14.0 Å². The van der Waals surface area contributed by atoms with Crippen molar-refractivity contribution in [3.8, 4) is 0 Å². The summed E-state index contributed by atoms with van der Waals surface area (Å²) >= 11 is 0. The molecular weight excluding hydrogens is 346 g/mol. The van der Waals surface area contributed by atoms with Gasteiger partial charge in [0.2, 0.25) is 0 Å². The lowest BCUT2D eigenvalue weighted by molar-refractivity contribution is -0.158. The minimum atomic E-state index is -4.37. The van der Waals surface area contributed by atoms with Gasteiger partial charge >= 0.3 is 12.1 Å². The maximum Gasteiger partial charge on any atom is 0.416 e. The molecule has 2 atom stereocenters. The standard InChI is InChI=1S/C18H21BF3NO3/c1-2-12-26-16(25)17(10-11-23(19)15(17)24)9-3-4-13-5-7-14(8-6-13)18(20,21)22/h2-3,5-9,15,24H,1,4,10-12,19H2. The number of hydrogen-bond acceptors (Lipinski definition) is 4. The molecule has 0 aromatic heterocycles. The van der Waals surface area contributed by atoms with Gasteiger partial charge in [0, 0.05) is 0 Å². The number of carbonyl (C=O) groups is 1. The van der Waals surface area contributed by atoms with Gasteiger partial charge in [-0.15, -0.1) is 0 Å². The van der Waals surface area contributed by atoms with Gasteiger partial charge in [0.05, 0.1) is 5.56 Å². The molecule has 4 nitrogen and oxygen atoms in total. The third-order valence-corrected chi connectivity index (χ3v) is 4.52. The highest BCUT2D eigenvalue weighted by atomic mass is 19.4. The lowest BCUT2D eigenvalue weighted by Gasteiger charge is -2.28. The van der Waals surface area contributed by atoms with Crippen LogP contribution in [0.5, 0.6) is 0 Å². The van der Waals surface area contributed by atoms with E-state index in [4.69, 9.17) is 4.74 Å². The Hall–Kier alpha value is -2.06. The van der Waals surface area contributed by atoms with E-state index in [1.54, 1.807) is 24.9 Å². The van der Waals surface area contributed by atoms with Gasteiger partial charge in [0.25, 0.3) is 0 Å². The summed E-state index contributed by atoms with van der Waals surface area (Å²) in [6.07, 6.45) is 0.0670. The summed E-state index contributed by atoms with van der Waals surface area (Å²) in [6, 6.07) is 4.84. The molecule has 2 unspecified atom stereocenters. The molecule has 140 valence electrons. The van der Waals surface area contributed by atoms with E-state index >= 15 is 0 Å². The van der Waals surface area contributed by atoms with Crippen LogP contribution in [0.25, 0.3) is 0 Å². The predicted molar refractivity (Wildman–Crippen MR) is 93.8 cm³/mol. The molecule has 1 N–H and O–H groups in total. The Bertz CT molecular complexity index is 675. The molecule has 1 aliphatic heterocycles. The molecule has 1 aromatic carbocycles. The molecular formula is C18H21BF3NO3. The van der Waals surface area contributed by atoms with Gasteiger partial charge in [-0.05, 0) is 37.1 Å². The van der Waals surface area contributed by atoms with E-state index in [0.717, 1.165) is 12.1 Å². The normalized spacial score (nSPS) is 24.1. The zero-order chi connectivity index (χ0) is 19.4. The van der Waals surface area contributed by atoms with E-state index in [9.17, 15) is 23.1 Å². The van der Waals surface area contributed by atoms with Crippen molar-refractivity contribution in [1.29, 1.82) is 0 Å². The first-order valence-electron chi connectivity index (χ1n) is 8.21. The number of hydrogen-bond donors (Lipinski definition) is 1. The van der Waals surface area contributed by atoms with Crippen LogP contribution in [-0.2, 0) is 22.1 Å². The Morgan fingerprint density at radius 3 is 2.58 bits per heavy atom. The van der Waals surface area contributed by atoms with Crippen molar-refractivity contribution in [2.24, 2.45) is 5.41 Å². The third-order valence-electron chi connectivity index (χ3n) is 4.52. The van der Waals surface area contributed by atoms with Gasteiger partial charge in [-0.1, -0.05) is 36.9 Å². The van der Waals surface area contributed by atoms with E-state index in [1.807, 2.05) is 0 Å². The highest BCUT2D eigenvalue weighted by Crippen LogP contribution is 2.38. The SMILES string of the molecule is BN1CCC(C=CCc2ccc(C(F)(F)F)cc2)(C(=O)OCC=C)C1O. The van der Waals surface area contributed by atoms with Crippen molar-refractivity contribution in [3.63, 3.8) is 0 Å². The highest BCUT2D eigenvalue weighted by molar-refractivity contribution is 6.05. The topological polar surface area (TPSA) is 49.8 Å². The summed E-state index contributed by atoms with van der Waals surface area (Å²) < 4.78 is 42.9. The summed E-state index contributed by atoms with van der Waals surface area (Å²) in [5.74, 6) is -0.544. The molecule has 1 heterocycles. The van der Waals surface area contributed by atoms with Gasteiger partial charge in [0.1, 0.15) is 18.2 Å². The van der Waals surface area contributed by atoms with E-state index in [1.165, 1.54) is 18.2 Å². The largest absolute Gasteiger partial charge is 0.461 e. The van der Waals surface area contributed by atoms with Crippen molar-refractivity contribution in [2.45, 2.75) is 25.2 Å². The second-order valence-electron chi connectivity index (χ2n) is 6.33. The summed E-state index contributed by atoms with van der Waals surface area (Å²) in [5, 5.41) is 10.4. The fourth-order valence-corrected chi connectivity index (χ4v) is 2.96. The molecule has 1 aromatic rings. The molecule has 0 bridgehead atoms. The lowest BCUT2D eigenvalue weighted by atomic mass is 9.84. The predicted octanol–water partition coefficient (Wildman–Crippen LogP) is 2.09. The summed E-state index contributed by atoms with van der Waals surface area (Å²) in [5.41, 5.74) is -1.23. The summed E-state index contributed by atoms with van der Waals surface area (Å²) in [7, 11) is 1.71. The Kier molecular flexibility index (Phi) is 6.31. The van der Waals surface area contributed by atoms with Crippen LogP contribution >= 0.6 is 0 Å². The number of alkyl halides is 3. The van der Waals surface area contributed by atoms with Crippen LogP contribution in [0.1, 0.15) is 17.5 Å². The number of carbonyl (C=O) groups excluding carboxylic acids is 1. The molecule has 0 amide bonds. The monoisotopic (exact) mass is 367 g/mol. The molecule has 0 aliphatic carbocycles. The molecule has 1 saturated heterocycles. The number of aliphatic hydroxyl groups is 1. The Morgan fingerprint density at radius 2 is 2.08 bits per heavy atom. The quantitative estimate of drug-likeness (QED) is 0.475. The van der Waals surface area contributed by atoms with Gasteiger partial charge in [0.15, 0.2) is 7.98 Å². The van der Waals surface area contributed by atoms with Crippen LogP contribution in [0.2, 0.25) is 0 Å². The molecule has 0 spiro atoms. The summed E-state index contributed by atoms with van der Waals surface area (Å²) in [4.78, 5) is 14.1. The second kappa shape index (κ2) is 8.10. The highest BCUT2D eigenvalue weighted by Gasteiger charge is 2.50. The number of nitrogens with zero attached hydrogens (tertiary/aromatic N) is 1. The second-order valence-corrected chi connectivity index (χ2v) is 6.33. The Labute approximate surface area is 151 Å². The average molecular weight is 367 g/mol. The van der Waals surface area contributed by atoms with Crippen molar-refractivity contribution in [1.82, 2.24) is 4.81 Å². The minimum absolute atomic E-state index is 0.0454. The number of ether oxygens (including phenoxy) is 1. The van der Waals surface area contributed by atoms with Crippen LogP contribution in [0.15, 0.2) is 49.1 Å². The van der Waals surface area contributed by atoms with E-state index in [2.05, 4.69) is 6.58 Å². The third kappa shape index (κ3) is 4.37. The maximum absolute atomic E-state index is 12.6. The fraction of sp³-hybridized carbons (Fsp3) is 0.389. The first kappa shape index (κ1) is 20.3. The number of aliphatic hydroxyl groups excluding tert-OH is 1. The van der Waals surface area contributed by atoms with E-state index in [-0.39, 0.29) is 6.61 Å². The van der Waals surface area contributed by atoms with Crippen molar-refractivity contribution in [3.05, 3.63) is 60.2 Å². The van der Waals surface area contributed by atoms with Crippen LogP contribution in [0.4, 0.5) is 13.2 Å². The Morgan fingerprint density at radius 1 is 1.42 bits per heavy atom. The minimum Gasteiger partial charge on any atom is -0.461 e. The van der Waals surface area contributed by atoms with Gasteiger partial charge in [-0.2, -0.15) is 13.2 Å². The zero-order valence-corrected chi connectivity index (χ0v) is 14.5. The first-order valence-corrected chi connectivity index (χ1v) is 8.21.